The Labute approximate surface area is 102 Å². The zero-order chi connectivity index (χ0) is 11.8. The molecular weight excluding hydrogens is 214 g/mol. The Morgan fingerprint density at radius 1 is 1.29 bits per heavy atom. The second kappa shape index (κ2) is 4.41. The summed E-state index contributed by atoms with van der Waals surface area (Å²) in [7, 11) is 0. The number of hydrogen-bond donors (Lipinski definition) is 1. The molecule has 0 saturated heterocycles. The van der Waals surface area contributed by atoms with E-state index in [1.54, 1.807) is 0 Å². The van der Waals surface area contributed by atoms with Crippen molar-refractivity contribution in [1.29, 1.82) is 0 Å². The summed E-state index contributed by atoms with van der Waals surface area (Å²) in [5, 5.41) is 4.08. The van der Waals surface area contributed by atoms with Crippen LogP contribution in [0, 0.1) is 11.8 Å². The van der Waals surface area contributed by atoms with Crippen LogP contribution in [0.5, 0.6) is 0 Å². The lowest BCUT2D eigenvalue weighted by molar-refractivity contribution is 0.255. The molecular formula is C13H21N3O. The molecule has 0 aliphatic heterocycles. The molecule has 2 saturated carbocycles. The lowest BCUT2D eigenvalue weighted by Gasteiger charge is -2.24. The molecule has 3 atom stereocenters. The van der Waals surface area contributed by atoms with Crippen LogP contribution in [0.15, 0.2) is 4.52 Å². The van der Waals surface area contributed by atoms with Gasteiger partial charge in [0.05, 0.1) is 6.04 Å². The van der Waals surface area contributed by atoms with Crippen LogP contribution in [0.3, 0.4) is 0 Å². The second-order valence-corrected chi connectivity index (χ2v) is 5.73. The monoisotopic (exact) mass is 235 g/mol. The Kier molecular flexibility index (Phi) is 2.90. The second-order valence-electron chi connectivity index (χ2n) is 5.73. The molecule has 0 amide bonds. The highest BCUT2D eigenvalue weighted by molar-refractivity contribution is 5.08. The summed E-state index contributed by atoms with van der Waals surface area (Å²) >= 11 is 0. The lowest BCUT2D eigenvalue weighted by atomic mass is 9.84. The van der Waals surface area contributed by atoms with Gasteiger partial charge in [-0.15, -0.1) is 0 Å². The highest BCUT2D eigenvalue weighted by Crippen LogP contribution is 2.45. The van der Waals surface area contributed by atoms with Gasteiger partial charge in [-0.3, -0.25) is 0 Å². The van der Waals surface area contributed by atoms with Gasteiger partial charge in [-0.1, -0.05) is 31.3 Å². The Morgan fingerprint density at radius 3 is 2.65 bits per heavy atom. The molecule has 1 heterocycles. The van der Waals surface area contributed by atoms with E-state index in [4.69, 9.17) is 10.3 Å². The maximum Gasteiger partial charge on any atom is 0.243 e. The molecule has 2 fully saturated rings. The molecule has 4 nitrogen and oxygen atoms in total. The summed E-state index contributed by atoms with van der Waals surface area (Å²) in [5.41, 5.74) is 6.24. The largest absolute Gasteiger partial charge is 0.338 e. The summed E-state index contributed by atoms with van der Waals surface area (Å²) < 4.78 is 5.34. The minimum Gasteiger partial charge on any atom is -0.338 e. The van der Waals surface area contributed by atoms with Crippen molar-refractivity contribution in [3.05, 3.63) is 11.7 Å². The molecule has 0 bridgehead atoms. The van der Waals surface area contributed by atoms with Gasteiger partial charge in [0.25, 0.3) is 0 Å². The fraction of sp³-hybridized carbons (Fsp3) is 0.846. The third-order valence-electron chi connectivity index (χ3n) is 4.34. The maximum atomic E-state index is 6.24. The third-order valence-corrected chi connectivity index (χ3v) is 4.34. The van der Waals surface area contributed by atoms with Gasteiger partial charge in [0, 0.05) is 5.92 Å². The molecule has 17 heavy (non-hydrogen) atoms. The van der Waals surface area contributed by atoms with Crippen LogP contribution < -0.4 is 5.73 Å². The predicted molar refractivity (Wildman–Crippen MR) is 64.3 cm³/mol. The molecule has 2 aliphatic carbocycles. The number of hydrogen-bond acceptors (Lipinski definition) is 4. The minimum absolute atomic E-state index is 0.0504. The van der Waals surface area contributed by atoms with Crippen molar-refractivity contribution >= 4 is 0 Å². The zero-order valence-electron chi connectivity index (χ0n) is 10.4. The number of aromatic nitrogens is 2. The van der Waals surface area contributed by atoms with E-state index in [1.165, 1.54) is 38.5 Å². The molecule has 3 rings (SSSR count). The summed E-state index contributed by atoms with van der Waals surface area (Å²) in [4.78, 5) is 4.50. The van der Waals surface area contributed by atoms with Gasteiger partial charge in [0.15, 0.2) is 5.82 Å². The highest BCUT2D eigenvalue weighted by Gasteiger charge is 2.38. The molecule has 0 radical (unpaired) electrons. The first kappa shape index (κ1) is 11.2. The van der Waals surface area contributed by atoms with Crippen molar-refractivity contribution in [3.8, 4) is 0 Å². The number of nitrogens with two attached hydrogens (primary N) is 1. The first-order chi connectivity index (χ1) is 8.25. The topological polar surface area (TPSA) is 64.9 Å². The fourth-order valence-corrected chi connectivity index (χ4v) is 2.91. The molecule has 94 valence electrons. The Balaban J connectivity index is 1.68. The van der Waals surface area contributed by atoms with E-state index in [0.717, 1.165) is 5.82 Å². The van der Waals surface area contributed by atoms with E-state index < -0.39 is 0 Å². The van der Waals surface area contributed by atoms with Crippen LogP contribution >= 0.6 is 0 Å². The van der Waals surface area contributed by atoms with Gasteiger partial charge in [0.1, 0.15) is 0 Å². The zero-order valence-corrected chi connectivity index (χ0v) is 10.4. The molecule has 0 spiro atoms. The van der Waals surface area contributed by atoms with Crippen molar-refractivity contribution in [2.75, 3.05) is 0 Å². The molecule has 2 aliphatic rings. The predicted octanol–water partition coefficient (Wildman–Crippen LogP) is 2.77. The van der Waals surface area contributed by atoms with E-state index >= 15 is 0 Å². The number of nitrogens with zero attached hydrogens (tertiary/aromatic N) is 2. The van der Waals surface area contributed by atoms with E-state index in [2.05, 4.69) is 17.1 Å². The minimum atomic E-state index is -0.0504. The Morgan fingerprint density at radius 2 is 2.00 bits per heavy atom. The van der Waals surface area contributed by atoms with Crippen molar-refractivity contribution in [2.45, 2.75) is 57.4 Å². The van der Waals surface area contributed by atoms with Gasteiger partial charge in [-0.05, 0) is 31.1 Å². The summed E-state index contributed by atoms with van der Waals surface area (Å²) in [6.07, 6.45) is 7.53. The van der Waals surface area contributed by atoms with Gasteiger partial charge in [0.2, 0.25) is 5.89 Å². The van der Waals surface area contributed by atoms with Crippen molar-refractivity contribution in [3.63, 3.8) is 0 Å². The van der Waals surface area contributed by atoms with Crippen molar-refractivity contribution in [1.82, 2.24) is 10.1 Å². The van der Waals surface area contributed by atoms with Gasteiger partial charge in [-0.2, -0.15) is 4.98 Å². The first-order valence-corrected chi connectivity index (χ1v) is 6.85. The Hall–Kier alpha value is -0.900. The lowest BCUT2D eigenvalue weighted by Crippen LogP contribution is -2.23. The van der Waals surface area contributed by atoms with Crippen LogP contribution in [0.4, 0.5) is 0 Å². The normalized spacial score (nSPS) is 31.4. The maximum absolute atomic E-state index is 6.24. The van der Waals surface area contributed by atoms with Crippen LogP contribution in [0.2, 0.25) is 0 Å². The summed E-state index contributed by atoms with van der Waals surface area (Å²) in [5.74, 6) is 3.30. The molecule has 4 heteroatoms. The van der Waals surface area contributed by atoms with E-state index in [1.807, 2.05) is 0 Å². The van der Waals surface area contributed by atoms with Gasteiger partial charge in [-0.25, -0.2) is 0 Å². The molecule has 1 aromatic rings. The molecule has 2 N–H and O–H groups in total. The smallest absolute Gasteiger partial charge is 0.243 e. The third kappa shape index (κ3) is 2.23. The average molecular weight is 235 g/mol. The summed E-state index contributed by atoms with van der Waals surface area (Å²) in [6.45, 7) is 2.22. The van der Waals surface area contributed by atoms with Gasteiger partial charge >= 0.3 is 0 Å². The van der Waals surface area contributed by atoms with Crippen LogP contribution in [-0.2, 0) is 0 Å². The van der Waals surface area contributed by atoms with Crippen LogP contribution in [0.25, 0.3) is 0 Å². The number of rotatable bonds is 3. The molecule has 3 unspecified atom stereocenters. The van der Waals surface area contributed by atoms with Crippen LogP contribution in [0.1, 0.15) is 69.1 Å². The van der Waals surface area contributed by atoms with Crippen molar-refractivity contribution in [2.24, 2.45) is 17.6 Å². The average Bonchev–Trinajstić information content (AvgIpc) is 2.92. The van der Waals surface area contributed by atoms with E-state index in [0.29, 0.717) is 23.6 Å². The Bertz CT molecular complexity index is 384. The van der Waals surface area contributed by atoms with E-state index in [9.17, 15) is 0 Å². The standard InChI is InChI=1S/C13H21N3O/c1-8-7-10(8)12-15-13(17-16-12)11(14)9-5-3-2-4-6-9/h8-11H,2-7,14H2,1H3. The molecule has 1 aromatic heterocycles. The highest BCUT2D eigenvalue weighted by atomic mass is 16.5. The first-order valence-electron chi connectivity index (χ1n) is 6.85. The quantitative estimate of drug-likeness (QED) is 0.874. The van der Waals surface area contributed by atoms with Crippen molar-refractivity contribution < 1.29 is 4.52 Å². The molecule has 0 aromatic carbocycles. The van der Waals surface area contributed by atoms with Gasteiger partial charge < -0.3 is 10.3 Å². The SMILES string of the molecule is CC1CC1c1noc(C(N)C2CCCCC2)n1. The van der Waals surface area contributed by atoms with Crippen LogP contribution in [-0.4, -0.2) is 10.1 Å². The fourth-order valence-electron chi connectivity index (χ4n) is 2.91. The summed E-state index contributed by atoms with van der Waals surface area (Å²) in [6, 6.07) is -0.0504. The van der Waals surface area contributed by atoms with E-state index in [-0.39, 0.29) is 6.04 Å².